The monoisotopic (exact) mass is 230 g/mol. The molecular weight excluding hydrogens is 228 g/mol. The Kier molecular flexibility index (Phi) is 3.58. The third kappa shape index (κ3) is 2.29. The lowest BCUT2D eigenvalue weighted by Gasteiger charge is -1.97. The van der Waals surface area contributed by atoms with Gasteiger partial charge in [0.05, 0.1) is 4.92 Å². The second kappa shape index (κ2) is 4.71. The van der Waals surface area contributed by atoms with E-state index < -0.39 is 4.92 Å². The molecule has 0 aliphatic rings. The Balaban J connectivity index is 3.27. The Bertz CT molecular complexity index is 418. The van der Waals surface area contributed by atoms with E-state index in [1.165, 1.54) is 18.2 Å². The summed E-state index contributed by atoms with van der Waals surface area (Å²) in [6, 6.07) is 4.06. The van der Waals surface area contributed by atoms with E-state index in [1.54, 1.807) is 0 Å². The highest BCUT2D eigenvalue weighted by molar-refractivity contribution is 8.21. The van der Waals surface area contributed by atoms with Crippen LogP contribution in [-0.2, 0) is 0 Å². The summed E-state index contributed by atoms with van der Waals surface area (Å²) in [6.45, 7) is 0. The molecule has 0 heterocycles. The lowest BCUT2D eigenvalue weighted by Crippen LogP contribution is -1.89. The molecule has 1 rings (SSSR count). The summed E-state index contributed by atoms with van der Waals surface area (Å²) < 4.78 is 0. The zero-order chi connectivity index (χ0) is 10.6. The first kappa shape index (κ1) is 10.6. The van der Waals surface area contributed by atoms with E-state index in [9.17, 15) is 10.1 Å². The van der Waals surface area contributed by atoms with Crippen LogP contribution in [0.15, 0.2) is 28.2 Å². The van der Waals surface area contributed by atoms with Crippen molar-refractivity contribution in [3.63, 3.8) is 0 Å². The van der Waals surface area contributed by atoms with Crippen LogP contribution < -0.4 is 0 Å². The molecule has 0 fully saturated rings. The topological polar surface area (TPSA) is 91.9 Å². The second-order valence-electron chi connectivity index (χ2n) is 2.18. The Labute approximate surface area is 87.1 Å². The molecule has 0 aliphatic carbocycles. The van der Waals surface area contributed by atoms with Crippen molar-refractivity contribution in [1.29, 1.82) is 0 Å². The molecule has 0 spiro atoms. The fourth-order valence-corrected chi connectivity index (χ4v) is 1.55. The molecule has 0 radical (unpaired) electrons. The van der Waals surface area contributed by atoms with Gasteiger partial charge in [0.2, 0.25) is 0 Å². The molecule has 0 saturated heterocycles. The molecule has 1 aromatic rings. The fraction of sp³-hybridized carbons (Fsp3) is 0. The summed E-state index contributed by atoms with van der Waals surface area (Å²) in [7, 11) is 6.16. The van der Waals surface area contributed by atoms with Gasteiger partial charge < -0.3 is 0 Å². The Morgan fingerprint density at radius 3 is 2.86 bits per heavy atom. The molecule has 72 valence electrons. The second-order valence-corrected chi connectivity index (χ2v) is 3.23. The Morgan fingerprint density at radius 2 is 2.36 bits per heavy atom. The van der Waals surface area contributed by atoms with Crippen molar-refractivity contribution >= 4 is 33.0 Å². The molecule has 0 amide bonds. The van der Waals surface area contributed by atoms with E-state index in [2.05, 4.69) is 10.0 Å². The minimum absolute atomic E-state index is 0.171. The van der Waals surface area contributed by atoms with Crippen molar-refractivity contribution in [1.82, 2.24) is 0 Å². The Hall–Kier alpha value is -1.43. The highest BCUT2D eigenvalue weighted by atomic mass is 35.7. The van der Waals surface area contributed by atoms with Crippen LogP contribution in [0.5, 0.6) is 0 Å². The van der Waals surface area contributed by atoms with Gasteiger partial charge in [0, 0.05) is 16.7 Å². The number of halogens is 1. The number of hydrogen-bond donors (Lipinski definition) is 0. The van der Waals surface area contributed by atoms with Crippen molar-refractivity contribution in [2.75, 3.05) is 0 Å². The summed E-state index contributed by atoms with van der Waals surface area (Å²) in [5, 5.41) is 13.8. The summed E-state index contributed by atoms with van der Waals surface area (Å²) in [5.74, 6) is 0. The van der Waals surface area contributed by atoms with Gasteiger partial charge in [-0.15, -0.1) is 0 Å². The van der Waals surface area contributed by atoms with Crippen LogP contribution in [-0.4, -0.2) is 4.92 Å². The summed E-state index contributed by atoms with van der Waals surface area (Å²) in [5.41, 5.74) is 8.15. The molecular formula is C6H3ClN4O2S. The lowest BCUT2D eigenvalue weighted by molar-refractivity contribution is -0.387. The summed E-state index contributed by atoms with van der Waals surface area (Å²) in [4.78, 5) is 12.8. The van der Waals surface area contributed by atoms with Gasteiger partial charge in [0.15, 0.2) is 0 Å². The fourth-order valence-electron chi connectivity index (χ4n) is 0.828. The molecule has 8 heteroatoms. The Morgan fingerprint density at radius 1 is 1.64 bits per heavy atom. The highest BCUT2D eigenvalue weighted by Crippen LogP contribution is 2.34. The average molecular weight is 231 g/mol. The minimum Gasteiger partial charge on any atom is -0.258 e. The molecule has 1 aromatic carbocycles. The molecule has 0 N–H and O–H groups in total. The standard InChI is InChI=1S/C6H3ClN4O2S/c7-14-6-2-1-4(9-10-8)3-5(6)11(12)13/h1-3H. The largest absolute Gasteiger partial charge is 0.284 e. The lowest BCUT2D eigenvalue weighted by atomic mass is 10.3. The first-order valence-electron chi connectivity index (χ1n) is 3.31. The minimum atomic E-state index is -0.582. The first-order valence-corrected chi connectivity index (χ1v) is 4.95. The SMILES string of the molecule is [N-]=[N+]=Nc1ccc(SCl)c([N+](=O)[O-])c1. The number of rotatable bonds is 3. The van der Waals surface area contributed by atoms with E-state index in [0.717, 1.165) is 11.0 Å². The predicted molar refractivity (Wildman–Crippen MR) is 53.6 cm³/mol. The van der Waals surface area contributed by atoms with E-state index in [0.29, 0.717) is 4.90 Å². The van der Waals surface area contributed by atoms with E-state index in [4.69, 9.17) is 16.2 Å². The van der Waals surface area contributed by atoms with E-state index in [1.807, 2.05) is 0 Å². The van der Waals surface area contributed by atoms with Crippen LogP contribution in [0.1, 0.15) is 0 Å². The van der Waals surface area contributed by atoms with Crippen LogP contribution in [0.4, 0.5) is 11.4 Å². The van der Waals surface area contributed by atoms with Crippen molar-refractivity contribution < 1.29 is 4.92 Å². The molecule has 14 heavy (non-hydrogen) atoms. The molecule has 0 unspecified atom stereocenters. The van der Waals surface area contributed by atoms with Crippen molar-refractivity contribution in [2.24, 2.45) is 5.11 Å². The van der Waals surface area contributed by atoms with Gasteiger partial charge in [-0.25, -0.2) is 0 Å². The van der Waals surface area contributed by atoms with Gasteiger partial charge in [-0.1, -0.05) is 11.2 Å². The maximum Gasteiger partial charge on any atom is 0.284 e. The smallest absolute Gasteiger partial charge is 0.258 e. The molecule has 0 atom stereocenters. The summed E-state index contributed by atoms with van der Waals surface area (Å²) in [6.07, 6.45) is 0. The maximum atomic E-state index is 10.5. The maximum absolute atomic E-state index is 10.5. The molecule has 0 saturated carbocycles. The molecule has 0 bridgehead atoms. The van der Waals surface area contributed by atoms with Crippen molar-refractivity contribution in [2.45, 2.75) is 4.90 Å². The quantitative estimate of drug-likeness (QED) is 0.260. The van der Waals surface area contributed by atoms with Gasteiger partial charge in [-0.05, 0) is 33.3 Å². The molecule has 0 aromatic heterocycles. The number of benzene rings is 1. The van der Waals surface area contributed by atoms with Crippen molar-refractivity contribution in [3.05, 3.63) is 38.8 Å². The molecule has 6 nitrogen and oxygen atoms in total. The third-order valence-corrected chi connectivity index (χ3v) is 2.39. The van der Waals surface area contributed by atoms with Crippen LogP contribution in [0.25, 0.3) is 10.4 Å². The van der Waals surface area contributed by atoms with Gasteiger partial charge in [0.1, 0.15) is 4.90 Å². The summed E-state index contributed by atoms with van der Waals surface area (Å²) >= 11 is 0. The van der Waals surface area contributed by atoms with E-state index in [-0.39, 0.29) is 11.4 Å². The highest BCUT2D eigenvalue weighted by Gasteiger charge is 2.13. The van der Waals surface area contributed by atoms with Crippen LogP contribution in [0.3, 0.4) is 0 Å². The van der Waals surface area contributed by atoms with Crippen LogP contribution >= 0.6 is 21.7 Å². The normalized spacial score (nSPS) is 9.21. The zero-order valence-corrected chi connectivity index (χ0v) is 8.20. The van der Waals surface area contributed by atoms with Gasteiger partial charge in [-0.3, -0.25) is 10.1 Å². The first-order chi connectivity index (χ1) is 6.69. The number of hydrogen-bond acceptors (Lipinski definition) is 4. The predicted octanol–water partition coefficient (Wildman–Crippen LogP) is 3.78. The number of azide groups is 1. The van der Waals surface area contributed by atoms with Crippen LogP contribution in [0.2, 0.25) is 0 Å². The van der Waals surface area contributed by atoms with E-state index >= 15 is 0 Å². The third-order valence-electron chi connectivity index (χ3n) is 1.38. The average Bonchev–Trinajstić information content (AvgIpc) is 2.18. The number of nitro groups is 1. The van der Waals surface area contributed by atoms with Crippen molar-refractivity contribution in [3.8, 4) is 0 Å². The molecule has 0 aliphatic heterocycles. The zero-order valence-electron chi connectivity index (χ0n) is 6.62. The van der Waals surface area contributed by atoms with Gasteiger partial charge in [-0.2, -0.15) is 0 Å². The number of nitrogens with zero attached hydrogens (tertiary/aromatic N) is 4. The van der Waals surface area contributed by atoms with Gasteiger partial charge >= 0.3 is 0 Å². The van der Waals surface area contributed by atoms with Gasteiger partial charge in [0.25, 0.3) is 5.69 Å². The number of nitro benzene ring substituents is 1. The van der Waals surface area contributed by atoms with Crippen LogP contribution in [0, 0.1) is 10.1 Å².